The standard InChI is InChI=1S/C10H11FN4S/c1-6-2-7(4-8(11)3-6)10(13-12)9-5-16-15-14-9/h2-5,10,13H,12H2,1H3. The fraction of sp³-hybridized carbons (Fsp3) is 0.200. The topological polar surface area (TPSA) is 63.8 Å². The third-order valence-electron chi connectivity index (χ3n) is 2.24. The number of hydrogen-bond acceptors (Lipinski definition) is 5. The van der Waals surface area contributed by atoms with E-state index < -0.39 is 0 Å². The normalized spacial score (nSPS) is 12.7. The molecule has 6 heteroatoms. The summed E-state index contributed by atoms with van der Waals surface area (Å²) in [5, 5.41) is 5.71. The average Bonchev–Trinajstić information content (AvgIpc) is 2.70. The molecule has 0 aliphatic rings. The van der Waals surface area contributed by atoms with Crippen LogP contribution in [0.5, 0.6) is 0 Å². The molecule has 0 saturated carbocycles. The number of benzene rings is 1. The van der Waals surface area contributed by atoms with Crippen LogP contribution in [-0.4, -0.2) is 9.59 Å². The van der Waals surface area contributed by atoms with Crippen LogP contribution in [0.1, 0.15) is 22.9 Å². The van der Waals surface area contributed by atoms with Crippen molar-refractivity contribution in [3.05, 3.63) is 46.2 Å². The minimum absolute atomic E-state index is 0.279. The Bertz CT molecular complexity index is 451. The number of aryl methyl sites for hydroxylation is 1. The van der Waals surface area contributed by atoms with E-state index in [1.54, 1.807) is 5.38 Å². The van der Waals surface area contributed by atoms with Crippen molar-refractivity contribution in [3.8, 4) is 0 Å². The quantitative estimate of drug-likeness (QED) is 0.629. The molecule has 0 radical (unpaired) electrons. The molecule has 2 rings (SSSR count). The van der Waals surface area contributed by atoms with Crippen LogP contribution < -0.4 is 11.3 Å². The second-order valence-corrected chi connectivity index (χ2v) is 4.10. The van der Waals surface area contributed by atoms with Crippen molar-refractivity contribution < 1.29 is 4.39 Å². The van der Waals surface area contributed by atoms with Gasteiger partial charge in [-0.15, -0.1) is 5.10 Å². The van der Waals surface area contributed by atoms with Crippen LogP contribution in [0.15, 0.2) is 23.6 Å². The van der Waals surface area contributed by atoms with Crippen LogP contribution in [-0.2, 0) is 0 Å². The Morgan fingerprint density at radius 3 is 2.81 bits per heavy atom. The third-order valence-corrected chi connectivity index (χ3v) is 2.76. The summed E-state index contributed by atoms with van der Waals surface area (Å²) in [6.07, 6.45) is 0. The van der Waals surface area contributed by atoms with E-state index in [2.05, 4.69) is 15.0 Å². The van der Waals surface area contributed by atoms with Crippen LogP contribution >= 0.6 is 11.5 Å². The van der Waals surface area contributed by atoms with E-state index in [4.69, 9.17) is 5.84 Å². The summed E-state index contributed by atoms with van der Waals surface area (Å²) in [4.78, 5) is 0. The van der Waals surface area contributed by atoms with Gasteiger partial charge in [-0.1, -0.05) is 10.6 Å². The van der Waals surface area contributed by atoms with Crippen LogP contribution in [0.25, 0.3) is 0 Å². The molecule has 1 aromatic carbocycles. The summed E-state index contributed by atoms with van der Waals surface area (Å²) in [5.74, 6) is 5.18. The first kappa shape index (κ1) is 11.1. The van der Waals surface area contributed by atoms with Gasteiger partial charge in [0.1, 0.15) is 5.82 Å². The molecule has 0 saturated heterocycles. The van der Waals surface area contributed by atoms with E-state index in [-0.39, 0.29) is 11.9 Å². The van der Waals surface area contributed by atoms with Gasteiger partial charge in [0.05, 0.1) is 11.7 Å². The van der Waals surface area contributed by atoms with Crippen LogP contribution in [0.2, 0.25) is 0 Å². The van der Waals surface area contributed by atoms with Crippen LogP contribution in [0.4, 0.5) is 4.39 Å². The Hall–Kier alpha value is -1.37. The summed E-state index contributed by atoms with van der Waals surface area (Å²) < 4.78 is 17.0. The lowest BCUT2D eigenvalue weighted by Crippen LogP contribution is -2.29. The lowest BCUT2D eigenvalue weighted by molar-refractivity contribution is 0.595. The molecule has 2 aromatic rings. The number of hydrogen-bond donors (Lipinski definition) is 2. The van der Waals surface area contributed by atoms with Gasteiger partial charge in [0.2, 0.25) is 0 Å². The van der Waals surface area contributed by atoms with E-state index in [1.807, 2.05) is 13.0 Å². The van der Waals surface area contributed by atoms with E-state index in [0.717, 1.165) is 11.1 Å². The second kappa shape index (κ2) is 4.65. The smallest absolute Gasteiger partial charge is 0.123 e. The van der Waals surface area contributed by atoms with E-state index in [1.165, 1.54) is 23.7 Å². The predicted octanol–water partition coefficient (Wildman–Crippen LogP) is 1.54. The molecule has 0 fully saturated rings. The molecule has 3 N–H and O–H groups in total. The molecule has 0 spiro atoms. The zero-order valence-corrected chi connectivity index (χ0v) is 9.46. The van der Waals surface area contributed by atoms with Gasteiger partial charge in [0.25, 0.3) is 0 Å². The van der Waals surface area contributed by atoms with Gasteiger partial charge in [-0.3, -0.25) is 5.84 Å². The Morgan fingerprint density at radius 1 is 1.44 bits per heavy atom. The summed E-state index contributed by atoms with van der Waals surface area (Å²) in [6.45, 7) is 1.83. The van der Waals surface area contributed by atoms with Gasteiger partial charge >= 0.3 is 0 Å². The number of nitrogens with two attached hydrogens (primary N) is 1. The first-order valence-electron chi connectivity index (χ1n) is 4.71. The van der Waals surface area contributed by atoms with Gasteiger partial charge in [0, 0.05) is 5.38 Å². The monoisotopic (exact) mass is 238 g/mol. The highest BCUT2D eigenvalue weighted by Gasteiger charge is 2.16. The van der Waals surface area contributed by atoms with E-state index in [0.29, 0.717) is 5.69 Å². The van der Waals surface area contributed by atoms with Gasteiger partial charge in [0.15, 0.2) is 0 Å². The average molecular weight is 238 g/mol. The predicted molar refractivity (Wildman–Crippen MR) is 60.2 cm³/mol. The van der Waals surface area contributed by atoms with Crippen molar-refractivity contribution in [1.29, 1.82) is 0 Å². The maximum absolute atomic E-state index is 13.3. The Balaban J connectivity index is 2.41. The number of nitrogens with one attached hydrogen (secondary N) is 1. The molecule has 1 heterocycles. The minimum atomic E-state index is -0.326. The highest BCUT2D eigenvalue weighted by Crippen LogP contribution is 2.22. The maximum atomic E-state index is 13.3. The fourth-order valence-electron chi connectivity index (χ4n) is 1.58. The summed E-state index contributed by atoms with van der Waals surface area (Å²) in [7, 11) is 0. The molecule has 4 nitrogen and oxygen atoms in total. The maximum Gasteiger partial charge on any atom is 0.123 e. The fourth-order valence-corrected chi connectivity index (χ4v) is 2.06. The van der Waals surface area contributed by atoms with Crippen molar-refractivity contribution in [2.45, 2.75) is 13.0 Å². The molecule has 84 valence electrons. The second-order valence-electron chi connectivity index (χ2n) is 3.49. The zero-order chi connectivity index (χ0) is 11.5. The Morgan fingerprint density at radius 2 is 2.25 bits per heavy atom. The van der Waals surface area contributed by atoms with Crippen molar-refractivity contribution in [1.82, 2.24) is 15.0 Å². The first-order chi connectivity index (χ1) is 7.70. The molecule has 0 bridgehead atoms. The van der Waals surface area contributed by atoms with Gasteiger partial charge < -0.3 is 0 Å². The van der Waals surface area contributed by atoms with Crippen LogP contribution in [0.3, 0.4) is 0 Å². The van der Waals surface area contributed by atoms with Crippen LogP contribution in [0, 0.1) is 12.7 Å². The number of halogens is 1. The lowest BCUT2D eigenvalue weighted by Gasteiger charge is -2.14. The molecule has 0 amide bonds. The number of nitrogens with zero attached hydrogens (tertiary/aromatic N) is 2. The van der Waals surface area contributed by atoms with E-state index >= 15 is 0 Å². The molecule has 1 aromatic heterocycles. The first-order valence-corrected chi connectivity index (χ1v) is 5.54. The number of hydrazine groups is 1. The van der Waals surface area contributed by atoms with Crippen molar-refractivity contribution >= 4 is 11.5 Å². The molecular weight excluding hydrogens is 227 g/mol. The Labute approximate surface area is 96.4 Å². The highest BCUT2D eigenvalue weighted by molar-refractivity contribution is 7.03. The largest absolute Gasteiger partial charge is 0.271 e. The lowest BCUT2D eigenvalue weighted by atomic mass is 10.0. The minimum Gasteiger partial charge on any atom is -0.271 e. The summed E-state index contributed by atoms with van der Waals surface area (Å²) >= 11 is 1.24. The summed E-state index contributed by atoms with van der Waals surface area (Å²) in [5.41, 5.74) is 4.89. The number of aromatic nitrogens is 2. The SMILES string of the molecule is Cc1cc(F)cc(C(NN)c2csnn2)c1. The molecular formula is C10H11FN4S. The molecule has 0 aliphatic heterocycles. The van der Waals surface area contributed by atoms with Gasteiger partial charge in [-0.25, -0.2) is 9.82 Å². The number of rotatable bonds is 3. The third kappa shape index (κ3) is 2.24. The van der Waals surface area contributed by atoms with Crippen molar-refractivity contribution in [2.24, 2.45) is 5.84 Å². The zero-order valence-electron chi connectivity index (χ0n) is 8.64. The van der Waals surface area contributed by atoms with Gasteiger partial charge in [-0.2, -0.15) is 0 Å². The van der Waals surface area contributed by atoms with E-state index in [9.17, 15) is 4.39 Å². The molecule has 0 aliphatic carbocycles. The molecule has 1 unspecified atom stereocenters. The van der Waals surface area contributed by atoms with Gasteiger partial charge in [-0.05, 0) is 41.7 Å². The highest BCUT2D eigenvalue weighted by atomic mass is 32.1. The molecule has 1 atom stereocenters. The molecule has 16 heavy (non-hydrogen) atoms. The van der Waals surface area contributed by atoms with Crippen molar-refractivity contribution in [3.63, 3.8) is 0 Å². The Kier molecular flexibility index (Phi) is 3.23. The van der Waals surface area contributed by atoms with Crippen molar-refractivity contribution in [2.75, 3.05) is 0 Å². The summed E-state index contributed by atoms with van der Waals surface area (Å²) in [6, 6.07) is 4.45.